The van der Waals surface area contributed by atoms with E-state index in [1.165, 1.54) is 6.92 Å². The van der Waals surface area contributed by atoms with Gasteiger partial charge in [0.25, 0.3) is 6.43 Å². The molecule has 0 spiro atoms. The molecule has 0 saturated carbocycles. The SMILES string of the molecule is CCOC(=O)c1nn(CC(F)F)cc1[N+](=O)[O-]. The highest BCUT2D eigenvalue weighted by Gasteiger charge is 2.27. The molecule has 0 aromatic carbocycles. The third kappa shape index (κ3) is 3.20. The molecule has 0 N–H and O–H groups in total. The van der Waals surface area contributed by atoms with Crippen LogP contribution in [0.3, 0.4) is 0 Å². The van der Waals surface area contributed by atoms with Crippen LogP contribution in [0.5, 0.6) is 0 Å². The highest BCUT2D eigenvalue weighted by atomic mass is 19.3. The number of carbonyl (C=O) groups is 1. The van der Waals surface area contributed by atoms with E-state index >= 15 is 0 Å². The number of nitro groups is 1. The van der Waals surface area contributed by atoms with Gasteiger partial charge in [0.15, 0.2) is 0 Å². The van der Waals surface area contributed by atoms with E-state index in [1.807, 2.05) is 0 Å². The fourth-order valence-corrected chi connectivity index (χ4v) is 1.12. The predicted molar refractivity (Wildman–Crippen MR) is 50.8 cm³/mol. The molecular formula is C8H9F2N3O4. The van der Waals surface area contributed by atoms with E-state index in [9.17, 15) is 23.7 Å². The average Bonchev–Trinajstić information content (AvgIpc) is 2.61. The first-order chi connectivity index (χ1) is 7.95. The predicted octanol–water partition coefficient (Wildman–Crippen LogP) is 1.23. The van der Waals surface area contributed by atoms with Crippen LogP contribution in [0, 0.1) is 10.1 Å². The quantitative estimate of drug-likeness (QED) is 0.445. The van der Waals surface area contributed by atoms with Crippen molar-refractivity contribution in [2.24, 2.45) is 0 Å². The summed E-state index contributed by atoms with van der Waals surface area (Å²) in [6, 6.07) is 0. The van der Waals surface area contributed by atoms with Crippen molar-refractivity contribution in [3.8, 4) is 0 Å². The van der Waals surface area contributed by atoms with Gasteiger partial charge in [-0.2, -0.15) is 5.10 Å². The summed E-state index contributed by atoms with van der Waals surface area (Å²) in [6.07, 6.45) is -1.94. The molecule has 0 atom stereocenters. The first-order valence-corrected chi connectivity index (χ1v) is 4.62. The fourth-order valence-electron chi connectivity index (χ4n) is 1.12. The summed E-state index contributed by atoms with van der Waals surface area (Å²) in [5, 5.41) is 14.0. The number of esters is 1. The van der Waals surface area contributed by atoms with Gasteiger partial charge in [-0.05, 0) is 6.92 Å². The van der Waals surface area contributed by atoms with Crippen molar-refractivity contribution in [1.29, 1.82) is 0 Å². The molecular weight excluding hydrogens is 240 g/mol. The standard InChI is InChI=1S/C8H9F2N3O4/c1-2-17-8(14)7-5(13(15)16)3-12(11-7)4-6(9)10/h3,6H,2,4H2,1H3. The Morgan fingerprint density at radius 3 is 2.82 bits per heavy atom. The maximum atomic E-state index is 12.1. The molecule has 0 amide bonds. The molecule has 0 bridgehead atoms. The zero-order valence-electron chi connectivity index (χ0n) is 8.80. The van der Waals surface area contributed by atoms with E-state index in [4.69, 9.17) is 0 Å². The highest BCUT2D eigenvalue weighted by Crippen LogP contribution is 2.18. The molecule has 1 rings (SSSR count). The molecule has 0 unspecified atom stereocenters. The number of carbonyl (C=O) groups excluding carboxylic acids is 1. The highest BCUT2D eigenvalue weighted by molar-refractivity contribution is 5.91. The monoisotopic (exact) mass is 249 g/mol. The van der Waals surface area contributed by atoms with Crippen LogP contribution < -0.4 is 0 Å². The summed E-state index contributed by atoms with van der Waals surface area (Å²) >= 11 is 0. The van der Waals surface area contributed by atoms with Crippen molar-refractivity contribution in [2.75, 3.05) is 6.61 Å². The first-order valence-electron chi connectivity index (χ1n) is 4.62. The minimum atomic E-state index is -2.72. The second-order valence-corrected chi connectivity index (χ2v) is 2.95. The smallest absolute Gasteiger partial charge is 0.366 e. The van der Waals surface area contributed by atoms with E-state index < -0.39 is 35.2 Å². The number of ether oxygens (including phenoxy) is 1. The Balaban J connectivity index is 3.05. The van der Waals surface area contributed by atoms with Crippen LogP contribution in [0.4, 0.5) is 14.5 Å². The van der Waals surface area contributed by atoms with Crippen LogP contribution in [-0.2, 0) is 11.3 Å². The molecule has 0 fully saturated rings. The van der Waals surface area contributed by atoms with Gasteiger partial charge in [0.1, 0.15) is 12.7 Å². The van der Waals surface area contributed by atoms with Gasteiger partial charge in [-0.3, -0.25) is 14.8 Å². The molecule has 0 saturated heterocycles. The Hall–Kier alpha value is -2.06. The van der Waals surface area contributed by atoms with Crippen LogP contribution in [0.2, 0.25) is 0 Å². The lowest BCUT2D eigenvalue weighted by molar-refractivity contribution is -0.385. The summed E-state index contributed by atoms with van der Waals surface area (Å²) in [4.78, 5) is 21.0. The van der Waals surface area contributed by atoms with Crippen molar-refractivity contribution >= 4 is 11.7 Å². The second-order valence-electron chi connectivity index (χ2n) is 2.95. The Bertz CT molecular complexity index is 432. The van der Waals surface area contributed by atoms with Crippen molar-refractivity contribution in [3.05, 3.63) is 22.0 Å². The molecule has 1 aromatic rings. The number of nitrogens with zero attached hydrogens (tertiary/aromatic N) is 3. The van der Waals surface area contributed by atoms with Gasteiger partial charge in [-0.15, -0.1) is 0 Å². The average molecular weight is 249 g/mol. The molecule has 0 aliphatic heterocycles. The van der Waals surface area contributed by atoms with Gasteiger partial charge in [0.2, 0.25) is 5.69 Å². The largest absolute Gasteiger partial charge is 0.461 e. The lowest BCUT2D eigenvalue weighted by atomic mass is 10.4. The number of aromatic nitrogens is 2. The number of hydrogen-bond donors (Lipinski definition) is 0. The summed E-state index contributed by atoms with van der Waals surface area (Å²) in [7, 11) is 0. The van der Waals surface area contributed by atoms with Crippen LogP contribution in [0.25, 0.3) is 0 Å². The summed E-state index contributed by atoms with van der Waals surface area (Å²) in [5.41, 5.74) is -1.22. The molecule has 1 aromatic heterocycles. The van der Waals surface area contributed by atoms with E-state index in [0.29, 0.717) is 4.68 Å². The van der Waals surface area contributed by atoms with Crippen molar-refractivity contribution in [3.63, 3.8) is 0 Å². The fraction of sp³-hybridized carbons (Fsp3) is 0.500. The third-order valence-corrected chi connectivity index (χ3v) is 1.73. The zero-order valence-corrected chi connectivity index (χ0v) is 8.80. The van der Waals surface area contributed by atoms with Crippen molar-refractivity contribution in [2.45, 2.75) is 19.9 Å². The Labute approximate surface area is 94.1 Å². The van der Waals surface area contributed by atoms with E-state index in [0.717, 1.165) is 6.20 Å². The molecule has 9 heteroatoms. The maximum Gasteiger partial charge on any atom is 0.366 e. The maximum absolute atomic E-state index is 12.1. The summed E-state index contributed by atoms with van der Waals surface area (Å²) in [5.74, 6) is -1.01. The number of halogens is 2. The van der Waals surface area contributed by atoms with Gasteiger partial charge < -0.3 is 4.74 Å². The minimum absolute atomic E-state index is 0.0116. The number of alkyl halides is 2. The molecule has 0 radical (unpaired) electrons. The Kier molecular flexibility index (Phi) is 4.07. The van der Waals surface area contributed by atoms with Crippen LogP contribution in [0.1, 0.15) is 17.4 Å². The van der Waals surface area contributed by atoms with Gasteiger partial charge in [0, 0.05) is 0 Å². The van der Waals surface area contributed by atoms with Crippen molar-refractivity contribution in [1.82, 2.24) is 9.78 Å². The van der Waals surface area contributed by atoms with Crippen LogP contribution in [-0.4, -0.2) is 33.7 Å². The van der Waals surface area contributed by atoms with Gasteiger partial charge in [-0.1, -0.05) is 0 Å². The molecule has 0 aliphatic rings. The Morgan fingerprint density at radius 2 is 2.35 bits per heavy atom. The molecule has 0 aliphatic carbocycles. The van der Waals surface area contributed by atoms with Crippen molar-refractivity contribution < 1.29 is 23.2 Å². The van der Waals surface area contributed by atoms with Gasteiger partial charge in [-0.25, -0.2) is 13.6 Å². The molecule has 94 valence electrons. The van der Waals surface area contributed by atoms with E-state index in [-0.39, 0.29) is 6.61 Å². The third-order valence-electron chi connectivity index (χ3n) is 1.73. The molecule has 7 nitrogen and oxygen atoms in total. The van der Waals surface area contributed by atoms with Gasteiger partial charge >= 0.3 is 11.7 Å². The second kappa shape index (κ2) is 5.32. The number of rotatable bonds is 5. The zero-order chi connectivity index (χ0) is 13.0. The van der Waals surface area contributed by atoms with Crippen LogP contribution in [0.15, 0.2) is 6.20 Å². The normalized spacial score (nSPS) is 10.6. The first kappa shape index (κ1) is 13.0. The Morgan fingerprint density at radius 1 is 1.71 bits per heavy atom. The number of hydrogen-bond acceptors (Lipinski definition) is 5. The minimum Gasteiger partial charge on any atom is -0.461 e. The lowest BCUT2D eigenvalue weighted by Crippen LogP contribution is -2.10. The molecule has 17 heavy (non-hydrogen) atoms. The summed E-state index contributed by atoms with van der Waals surface area (Å²) < 4.78 is 29.3. The van der Waals surface area contributed by atoms with E-state index in [2.05, 4.69) is 9.84 Å². The van der Waals surface area contributed by atoms with Crippen LogP contribution >= 0.6 is 0 Å². The lowest BCUT2D eigenvalue weighted by Gasteiger charge is -1.98. The molecule has 1 heterocycles. The van der Waals surface area contributed by atoms with E-state index in [1.54, 1.807) is 0 Å². The topological polar surface area (TPSA) is 87.3 Å². The van der Waals surface area contributed by atoms with Gasteiger partial charge in [0.05, 0.1) is 11.5 Å². The summed E-state index contributed by atoms with van der Waals surface area (Å²) in [6.45, 7) is 0.706.